The highest BCUT2D eigenvalue weighted by molar-refractivity contribution is 7.92. The zero-order valence-corrected chi connectivity index (χ0v) is 28.8. The minimum absolute atomic E-state index is 0. The number of ether oxygens (including phenoxy) is 2. The molecule has 2 aromatic rings. The number of hydrogen-bond donors (Lipinski definition) is 4. The van der Waals surface area contributed by atoms with Crippen molar-refractivity contribution in [2.24, 2.45) is 0 Å². The summed E-state index contributed by atoms with van der Waals surface area (Å²) in [6.45, 7) is 4.36. The van der Waals surface area contributed by atoms with E-state index in [0.29, 0.717) is 38.0 Å². The van der Waals surface area contributed by atoms with Crippen LogP contribution in [0.25, 0.3) is 0 Å². The first-order chi connectivity index (χ1) is 21.5. The van der Waals surface area contributed by atoms with E-state index in [1.807, 2.05) is 68.4 Å². The number of aliphatic hydroxyl groups excluding tert-OH is 1. The Morgan fingerprint density at radius 2 is 1.54 bits per heavy atom. The molecule has 0 unspecified atom stereocenters. The SMILES string of the molecule is CCCC(CCC)S(=O)(=O)C[C@H](NC(=O)CCC(=O)OC)C(=O)N[C@@H](Cc1ccccc1)[C@H](O)CNCc1cccc(OC)c1.Cl. The van der Waals surface area contributed by atoms with Crippen LogP contribution in [0.1, 0.15) is 63.5 Å². The van der Waals surface area contributed by atoms with Gasteiger partial charge in [-0.25, -0.2) is 8.42 Å². The molecule has 2 amide bonds. The summed E-state index contributed by atoms with van der Waals surface area (Å²) in [6, 6.07) is 14.6. The molecule has 0 heterocycles. The fraction of sp³-hybridized carbons (Fsp3) is 0.545. The molecule has 11 nitrogen and oxygen atoms in total. The molecular weight excluding hydrogens is 634 g/mol. The summed E-state index contributed by atoms with van der Waals surface area (Å²) in [6.07, 6.45) is 0.906. The molecule has 2 rings (SSSR count). The maximum Gasteiger partial charge on any atom is 0.306 e. The summed E-state index contributed by atoms with van der Waals surface area (Å²) in [5, 5.41) is 19.1. The third-order valence-corrected chi connectivity index (χ3v) is 9.76. The number of nitrogens with one attached hydrogen (secondary N) is 3. The van der Waals surface area contributed by atoms with E-state index in [4.69, 9.17) is 4.74 Å². The molecule has 2 aromatic carbocycles. The second kappa shape index (κ2) is 21.6. The topological polar surface area (TPSA) is 160 Å². The summed E-state index contributed by atoms with van der Waals surface area (Å²) >= 11 is 0. The van der Waals surface area contributed by atoms with Crippen LogP contribution >= 0.6 is 12.4 Å². The first-order valence-corrected chi connectivity index (χ1v) is 17.2. The van der Waals surface area contributed by atoms with Crippen molar-refractivity contribution in [3.63, 3.8) is 0 Å². The number of amides is 2. The Labute approximate surface area is 279 Å². The van der Waals surface area contributed by atoms with Gasteiger partial charge in [-0.2, -0.15) is 0 Å². The summed E-state index contributed by atoms with van der Waals surface area (Å²) in [7, 11) is -1.00. The lowest BCUT2D eigenvalue weighted by Gasteiger charge is -2.28. The van der Waals surface area contributed by atoms with Crippen LogP contribution in [0.5, 0.6) is 5.75 Å². The smallest absolute Gasteiger partial charge is 0.306 e. The standard InChI is InChI=1S/C33H49N3O8S.ClH/c1-5-11-27(12-6-2)45(41,42)23-29(35-31(38)17-18-32(39)44-4)33(40)36-28(20-24-13-8-7-9-14-24)30(37)22-34-21-25-15-10-16-26(19-25)43-3;/h7-10,13-16,19,27-30,34,37H,5-6,11-12,17-18,20-23H2,1-4H3,(H,35,38)(H,36,40);1H/t28-,29-,30+;/m0./s1. The summed E-state index contributed by atoms with van der Waals surface area (Å²) in [4.78, 5) is 38.1. The zero-order chi connectivity index (χ0) is 33.2. The lowest BCUT2D eigenvalue weighted by Crippen LogP contribution is -2.57. The van der Waals surface area contributed by atoms with Gasteiger partial charge in [0.1, 0.15) is 11.8 Å². The van der Waals surface area contributed by atoms with Gasteiger partial charge >= 0.3 is 5.97 Å². The Hall–Kier alpha value is -3.19. The highest BCUT2D eigenvalue weighted by Crippen LogP contribution is 2.18. The number of sulfone groups is 1. The molecule has 258 valence electrons. The molecule has 3 atom stereocenters. The average molecular weight is 684 g/mol. The van der Waals surface area contributed by atoms with E-state index < -0.39 is 56.8 Å². The van der Waals surface area contributed by atoms with E-state index in [0.717, 1.165) is 11.1 Å². The van der Waals surface area contributed by atoms with E-state index in [2.05, 4.69) is 20.7 Å². The van der Waals surface area contributed by atoms with Gasteiger partial charge < -0.3 is 30.5 Å². The predicted octanol–water partition coefficient (Wildman–Crippen LogP) is 3.12. The first-order valence-electron chi connectivity index (χ1n) is 15.5. The van der Waals surface area contributed by atoms with Gasteiger partial charge in [-0.15, -0.1) is 12.4 Å². The van der Waals surface area contributed by atoms with Gasteiger partial charge in [0, 0.05) is 19.5 Å². The van der Waals surface area contributed by atoms with Crippen molar-refractivity contribution in [1.29, 1.82) is 0 Å². The molecule has 13 heteroatoms. The summed E-state index contributed by atoms with van der Waals surface area (Å²) in [5.41, 5.74) is 1.80. The van der Waals surface area contributed by atoms with Gasteiger partial charge in [0.05, 0.1) is 43.8 Å². The number of rotatable bonds is 21. The number of benzene rings is 2. The van der Waals surface area contributed by atoms with Crippen LogP contribution in [-0.4, -0.2) is 81.3 Å². The van der Waals surface area contributed by atoms with Crippen molar-refractivity contribution >= 4 is 40.0 Å². The molecule has 46 heavy (non-hydrogen) atoms. The number of carbonyl (C=O) groups is 3. The molecule has 4 N–H and O–H groups in total. The van der Waals surface area contributed by atoms with Gasteiger partial charge in [-0.3, -0.25) is 14.4 Å². The van der Waals surface area contributed by atoms with Gasteiger partial charge in [-0.05, 0) is 42.5 Å². The van der Waals surface area contributed by atoms with E-state index in [1.165, 1.54) is 7.11 Å². The number of hydrogen-bond acceptors (Lipinski definition) is 9. The molecule has 0 aromatic heterocycles. The highest BCUT2D eigenvalue weighted by atomic mass is 35.5. The number of carbonyl (C=O) groups excluding carboxylic acids is 3. The van der Waals surface area contributed by atoms with Crippen LogP contribution in [0.2, 0.25) is 0 Å². The molecule has 0 saturated heterocycles. The Kier molecular flexibility index (Phi) is 19.2. The lowest BCUT2D eigenvalue weighted by molar-refractivity contribution is -0.142. The predicted molar refractivity (Wildman–Crippen MR) is 181 cm³/mol. The van der Waals surface area contributed by atoms with Crippen molar-refractivity contribution in [2.45, 2.75) is 88.8 Å². The Morgan fingerprint density at radius 1 is 0.891 bits per heavy atom. The van der Waals surface area contributed by atoms with Gasteiger partial charge in [-0.1, -0.05) is 69.2 Å². The Morgan fingerprint density at radius 3 is 2.15 bits per heavy atom. The molecule has 0 bridgehead atoms. The van der Waals surface area contributed by atoms with Crippen LogP contribution in [-0.2, 0) is 41.9 Å². The number of methoxy groups -OCH3 is 2. The van der Waals surface area contributed by atoms with Gasteiger partial charge in [0.2, 0.25) is 11.8 Å². The highest BCUT2D eigenvalue weighted by Gasteiger charge is 2.34. The van der Waals surface area contributed by atoms with Crippen LogP contribution in [0.4, 0.5) is 0 Å². The second-order valence-electron chi connectivity index (χ2n) is 11.1. The summed E-state index contributed by atoms with van der Waals surface area (Å²) in [5.74, 6) is -1.88. The van der Waals surface area contributed by atoms with Crippen molar-refractivity contribution in [1.82, 2.24) is 16.0 Å². The monoisotopic (exact) mass is 683 g/mol. The van der Waals surface area contributed by atoms with Crippen molar-refractivity contribution in [2.75, 3.05) is 26.5 Å². The molecule has 0 spiro atoms. The van der Waals surface area contributed by atoms with Gasteiger partial charge in [0.15, 0.2) is 9.84 Å². The molecule has 0 aliphatic carbocycles. The van der Waals surface area contributed by atoms with Crippen molar-refractivity contribution in [3.05, 3.63) is 65.7 Å². The lowest BCUT2D eigenvalue weighted by atomic mass is 10.0. The third kappa shape index (κ3) is 14.5. The number of esters is 1. The molecular formula is C33H50ClN3O8S. The minimum Gasteiger partial charge on any atom is -0.497 e. The van der Waals surface area contributed by atoms with E-state index in [1.54, 1.807) is 7.11 Å². The van der Waals surface area contributed by atoms with E-state index >= 15 is 0 Å². The molecule has 0 aliphatic rings. The molecule has 0 aliphatic heterocycles. The quantitative estimate of drug-likeness (QED) is 0.145. The van der Waals surface area contributed by atoms with Crippen LogP contribution in [0.3, 0.4) is 0 Å². The number of aliphatic hydroxyl groups is 1. The van der Waals surface area contributed by atoms with Gasteiger partial charge in [0.25, 0.3) is 0 Å². The summed E-state index contributed by atoms with van der Waals surface area (Å²) < 4.78 is 36.8. The maximum atomic E-state index is 13.7. The second-order valence-corrected chi connectivity index (χ2v) is 13.4. The normalized spacial score (nSPS) is 13.2. The van der Waals surface area contributed by atoms with Crippen LogP contribution in [0, 0.1) is 0 Å². The molecule has 0 fully saturated rings. The minimum atomic E-state index is -3.79. The fourth-order valence-corrected chi connectivity index (χ4v) is 7.17. The third-order valence-electron chi connectivity index (χ3n) is 7.47. The van der Waals surface area contributed by atoms with Crippen molar-refractivity contribution < 1.29 is 37.4 Å². The average Bonchev–Trinajstić information content (AvgIpc) is 3.03. The van der Waals surface area contributed by atoms with Crippen LogP contribution < -0.4 is 20.7 Å². The van der Waals surface area contributed by atoms with E-state index in [-0.39, 0.29) is 38.2 Å². The maximum absolute atomic E-state index is 13.7. The van der Waals surface area contributed by atoms with E-state index in [9.17, 15) is 27.9 Å². The zero-order valence-electron chi connectivity index (χ0n) is 27.2. The largest absolute Gasteiger partial charge is 0.497 e. The molecule has 0 saturated carbocycles. The molecule has 0 radical (unpaired) electrons. The Bertz CT molecular complexity index is 1310. The number of halogens is 1. The fourth-order valence-electron chi connectivity index (χ4n) is 5.01. The Balaban J connectivity index is 0.0000106. The van der Waals surface area contributed by atoms with Crippen LogP contribution in [0.15, 0.2) is 54.6 Å². The van der Waals surface area contributed by atoms with Crippen molar-refractivity contribution in [3.8, 4) is 5.75 Å². The first kappa shape index (κ1) is 40.8.